The van der Waals surface area contributed by atoms with Crippen LogP contribution in [-0.4, -0.2) is 63.1 Å². The van der Waals surface area contributed by atoms with Gasteiger partial charge < -0.3 is 20.3 Å². The van der Waals surface area contributed by atoms with Crippen molar-refractivity contribution in [2.75, 3.05) is 19.1 Å². The molecule has 2 atom stereocenters. The molecule has 3 N–H and O–H groups in total. The van der Waals surface area contributed by atoms with E-state index in [1.54, 1.807) is 25.0 Å². The predicted molar refractivity (Wildman–Crippen MR) is 77.9 cm³/mol. The Morgan fingerprint density at radius 2 is 2.30 bits per heavy atom. The monoisotopic (exact) mass is 300 g/mol. The van der Waals surface area contributed by atoms with E-state index in [2.05, 4.69) is 15.3 Å². The molecule has 1 aromatic rings. The van der Waals surface area contributed by atoms with Crippen LogP contribution >= 0.6 is 11.8 Å². The first kappa shape index (κ1) is 16.4. The van der Waals surface area contributed by atoms with Gasteiger partial charge in [-0.15, -0.1) is 0 Å². The molecule has 0 spiro atoms. The van der Waals surface area contributed by atoms with Gasteiger partial charge in [-0.3, -0.25) is 0 Å². The molecular formula is C12H20N4O3S. The number of imidazole rings is 1. The number of hydrogen-bond acceptors (Lipinski definition) is 4. The number of carbonyl (C=O) groups excluding carboxylic acids is 1. The van der Waals surface area contributed by atoms with Crippen LogP contribution in [0.1, 0.15) is 12.6 Å². The minimum absolute atomic E-state index is 0.0339. The van der Waals surface area contributed by atoms with Crippen LogP contribution in [0, 0.1) is 0 Å². The lowest BCUT2D eigenvalue weighted by Gasteiger charge is -2.26. The fourth-order valence-corrected chi connectivity index (χ4v) is 2.33. The van der Waals surface area contributed by atoms with Crippen molar-refractivity contribution in [1.29, 1.82) is 0 Å². The molecule has 0 saturated carbocycles. The number of nitrogens with one attached hydrogen (secondary N) is 2. The van der Waals surface area contributed by atoms with Gasteiger partial charge in [0.05, 0.1) is 6.33 Å². The number of H-pyrrole nitrogens is 1. The van der Waals surface area contributed by atoms with E-state index in [4.69, 9.17) is 0 Å². The Hall–Kier alpha value is -1.70. The second-order valence-corrected chi connectivity index (χ2v) is 5.45. The number of urea groups is 1. The first-order valence-corrected chi connectivity index (χ1v) is 7.57. The van der Waals surface area contributed by atoms with E-state index in [0.29, 0.717) is 5.69 Å². The standard InChI is InChI=1S/C12H20N4O3S/c1-8(6-20-3)16(2)12(19)15-10(11(17)18)4-9-5-13-7-14-9/h5,7-8,10H,4,6H2,1-3H3,(H,13,14)(H,15,19)(H,17,18)/t8?,10-/m1/s1. The number of aromatic amines is 1. The van der Waals surface area contributed by atoms with Crippen molar-refractivity contribution in [2.24, 2.45) is 0 Å². The molecule has 20 heavy (non-hydrogen) atoms. The van der Waals surface area contributed by atoms with Crippen LogP contribution in [0.3, 0.4) is 0 Å². The Morgan fingerprint density at radius 1 is 1.60 bits per heavy atom. The summed E-state index contributed by atoms with van der Waals surface area (Å²) in [4.78, 5) is 31.4. The van der Waals surface area contributed by atoms with Crippen LogP contribution in [0.25, 0.3) is 0 Å². The first-order valence-electron chi connectivity index (χ1n) is 6.18. The molecule has 1 unspecified atom stereocenters. The summed E-state index contributed by atoms with van der Waals surface area (Å²) < 4.78 is 0. The zero-order chi connectivity index (χ0) is 15.1. The number of nitrogens with zero attached hydrogens (tertiary/aromatic N) is 2. The topological polar surface area (TPSA) is 98.3 Å². The van der Waals surface area contributed by atoms with Crippen molar-refractivity contribution in [3.63, 3.8) is 0 Å². The Labute approximate surface area is 122 Å². The van der Waals surface area contributed by atoms with Gasteiger partial charge >= 0.3 is 12.0 Å². The number of carboxylic acid groups (broad SMARTS) is 1. The molecule has 0 fully saturated rings. The third-order valence-corrected chi connectivity index (χ3v) is 3.78. The lowest BCUT2D eigenvalue weighted by atomic mass is 10.1. The fraction of sp³-hybridized carbons (Fsp3) is 0.583. The molecule has 0 bridgehead atoms. The molecule has 0 saturated heterocycles. The van der Waals surface area contributed by atoms with Gasteiger partial charge in [-0.05, 0) is 13.2 Å². The Morgan fingerprint density at radius 3 is 2.80 bits per heavy atom. The summed E-state index contributed by atoms with van der Waals surface area (Å²) in [6, 6.07) is -1.34. The molecule has 0 aliphatic heterocycles. The SMILES string of the molecule is CSCC(C)N(C)C(=O)N[C@H](Cc1cnc[nH]1)C(=O)O. The molecule has 0 aliphatic rings. The molecule has 1 rings (SSSR count). The van der Waals surface area contributed by atoms with Crippen LogP contribution in [-0.2, 0) is 11.2 Å². The van der Waals surface area contributed by atoms with E-state index in [9.17, 15) is 14.7 Å². The molecule has 1 heterocycles. The van der Waals surface area contributed by atoms with E-state index >= 15 is 0 Å². The molecule has 1 aromatic heterocycles. The quantitative estimate of drug-likeness (QED) is 0.692. The molecule has 0 radical (unpaired) electrons. The van der Waals surface area contributed by atoms with Crippen molar-refractivity contribution < 1.29 is 14.7 Å². The summed E-state index contributed by atoms with van der Waals surface area (Å²) in [5.74, 6) is -0.277. The van der Waals surface area contributed by atoms with Gasteiger partial charge in [-0.25, -0.2) is 14.6 Å². The van der Waals surface area contributed by atoms with E-state index in [0.717, 1.165) is 5.75 Å². The van der Waals surface area contributed by atoms with Crippen molar-refractivity contribution in [3.8, 4) is 0 Å². The number of hydrogen-bond donors (Lipinski definition) is 3. The minimum atomic E-state index is -1.07. The van der Waals surface area contributed by atoms with Crippen molar-refractivity contribution >= 4 is 23.8 Å². The molecule has 7 nitrogen and oxygen atoms in total. The summed E-state index contributed by atoms with van der Waals surface area (Å²) in [7, 11) is 1.66. The lowest BCUT2D eigenvalue weighted by Crippen LogP contribution is -2.50. The highest BCUT2D eigenvalue weighted by atomic mass is 32.2. The maximum Gasteiger partial charge on any atom is 0.326 e. The Balaban J connectivity index is 2.61. The van der Waals surface area contributed by atoms with Crippen molar-refractivity contribution in [1.82, 2.24) is 20.2 Å². The van der Waals surface area contributed by atoms with Crippen LogP contribution in [0.15, 0.2) is 12.5 Å². The summed E-state index contributed by atoms with van der Waals surface area (Å²) in [6.45, 7) is 1.92. The summed E-state index contributed by atoms with van der Waals surface area (Å²) in [5.41, 5.74) is 0.664. The van der Waals surface area contributed by atoms with Gasteiger partial charge in [0, 0.05) is 37.2 Å². The van der Waals surface area contributed by atoms with E-state index in [-0.39, 0.29) is 12.5 Å². The van der Waals surface area contributed by atoms with Crippen LogP contribution in [0.5, 0.6) is 0 Å². The number of amides is 2. The summed E-state index contributed by atoms with van der Waals surface area (Å²) >= 11 is 1.63. The maximum absolute atomic E-state index is 12.0. The third kappa shape index (κ3) is 4.76. The van der Waals surface area contributed by atoms with Crippen molar-refractivity contribution in [3.05, 3.63) is 18.2 Å². The lowest BCUT2D eigenvalue weighted by molar-refractivity contribution is -0.139. The highest BCUT2D eigenvalue weighted by molar-refractivity contribution is 7.98. The predicted octanol–water partition coefficient (Wildman–Crippen LogP) is 0.798. The van der Waals surface area contributed by atoms with Gasteiger partial charge in [0.25, 0.3) is 0 Å². The average Bonchev–Trinajstić information content (AvgIpc) is 2.90. The Bertz CT molecular complexity index is 438. The number of carboxylic acids is 1. The van der Waals surface area contributed by atoms with Gasteiger partial charge in [-0.1, -0.05) is 0 Å². The zero-order valence-corrected chi connectivity index (χ0v) is 12.6. The smallest absolute Gasteiger partial charge is 0.326 e. The highest BCUT2D eigenvalue weighted by Gasteiger charge is 2.24. The van der Waals surface area contributed by atoms with E-state index in [1.165, 1.54) is 11.2 Å². The fourth-order valence-electron chi connectivity index (χ4n) is 1.62. The summed E-state index contributed by atoms with van der Waals surface area (Å²) in [6.07, 6.45) is 5.15. The number of aliphatic carboxylic acids is 1. The zero-order valence-electron chi connectivity index (χ0n) is 11.8. The van der Waals surface area contributed by atoms with E-state index in [1.807, 2.05) is 13.2 Å². The van der Waals surface area contributed by atoms with Crippen LogP contribution in [0.2, 0.25) is 0 Å². The Kier molecular flexibility index (Phi) is 6.37. The number of carbonyl (C=O) groups is 2. The minimum Gasteiger partial charge on any atom is -0.480 e. The largest absolute Gasteiger partial charge is 0.480 e. The molecular weight excluding hydrogens is 280 g/mol. The van der Waals surface area contributed by atoms with Gasteiger partial charge in [-0.2, -0.15) is 11.8 Å². The van der Waals surface area contributed by atoms with Gasteiger partial charge in [0.2, 0.25) is 0 Å². The maximum atomic E-state index is 12.0. The average molecular weight is 300 g/mol. The molecule has 0 aliphatic carbocycles. The second-order valence-electron chi connectivity index (χ2n) is 4.54. The third-order valence-electron chi connectivity index (χ3n) is 2.96. The molecule has 112 valence electrons. The van der Waals surface area contributed by atoms with Crippen molar-refractivity contribution in [2.45, 2.75) is 25.4 Å². The van der Waals surface area contributed by atoms with Gasteiger partial charge in [0.1, 0.15) is 6.04 Å². The van der Waals surface area contributed by atoms with Crippen LogP contribution in [0.4, 0.5) is 4.79 Å². The molecule has 8 heteroatoms. The number of rotatable bonds is 7. The highest BCUT2D eigenvalue weighted by Crippen LogP contribution is 2.05. The first-order chi connectivity index (χ1) is 9.45. The normalized spacial score (nSPS) is 13.6. The second kappa shape index (κ2) is 7.78. The van der Waals surface area contributed by atoms with Gasteiger partial charge in [0.15, 0.2) is 0 Å². The molecule has 0 aromatic carbocycles. The van der Waals surface area contributed by atoms with Crippen LogP contribution < -0.4 is 5.32 Å². The number of thioether (sulfide) groups is 1. The van der Waals surface area contributed by atoms with E-state index < -0.39 is 18.0 Å². The number of aromatic nitrogens is 2. The molecule has 2 amide bonds. The summed E-state index contributed by atoms with van der Waals surface area (Å²) in [5, 5.41) is 11.7.